The highest BCUT2D eigenvalue weighted by Gasteiger charge is 2.39. The summed E-state index contributed by atoms with van der Waals surface area (Å²) in [7, 11) is 0. The molecule has 1 saturated carbocycles. The number of thioether (sulfide) groups is 1. The molecule has 0 radical (unpaired) electrons. The molecule has 2 fully saturated rings. The largest absolute Gasteiger partial charge is 0.470 e. The summed E-state index contributed by atoms with van der Waals surface area (Å²) in [5.74, 6) is -0.876. The first-order chi connectivity index (χ1) is 11.4. The van der Waals surface area contributed by atoms with E-state index >= 15 is 0 Å². The second-order valence-electron chi connectivity index (χ2n) is 6.32. The van der Waals surface area contributed by atoms with Crippen LogP contribution in [-0.2, 0) is 11.0 Å². The zero-order valence-electron chi connectivity index (χ0n) is 13.2. The van der Waals surface area contributed by atoms with E-state index in [0.29, 0.717) is 36.9 Å². The molecule has 9 heteroatoms. The maximum absolute atomic E-state index is 12.5. The van der Waals surface area contributed by atoms with Gasteiger partial charge >= 0.3 is 12.1 Å². The smallest absolute Gasteiger partial charge is 0.417 e. The first-order valence-corrected chi connectivity index (χ1v) is 9.28. The van der Waals surface area contributed by atoms with E-state index in [1.807, 2.05) is 0 Å². The van der Waals surface area contributed by atoms with Gasteiger partial charge < -0.3 is 9.32 Å². The van der Waals surface area contributed by atoms with E-state index in [0.717, 1.165) is 0 Å². The van der Waals surface area contributed by atoms with E-state index in [1.165, 1.54) is 25.7 Å². The highest BCUT2D eigenvalue weighted by Crippen LogP contribution is 2.33. The Morgan fingerprint density at radius 1 is 1.17 bits per heavy atom. The van der Waals surface area contributed by atoms with Gasteiger partial charge in [0.1, 0.15) is 0 Å². The molecule has 2 heterocycles. The van der Waals surface area contributed by atoms with Gasteiger partial charge in [0.2, 0.25) is 11.8 Å². The van der Waals surface area contributed by atoms with E-state index < -0.39 is 12.1 Å². The first-order valence-electron chi connectivity index (χ1n) is 8.23. The van der Waals surface area contributed by atoms with Gasteiger partial charge in [0.25, 0.3) is 0 Å². The van der Waals surface area contributed by atoms with Crippen LogP contribution in [0.1, 0.15) is 56.2 Å². The van der Waals surface area contributed by atoms with Crippen LogP contribution in [0.3, 0.4) is 0 Å². The molecule has 1 aromatic rings. The number of hydrogen-bond acceptors (Lipinski definition) is 5. The SMILES string of the molecule is O=C(CSC1CCCC1)N1CCC(c2nnc(C(F)(F)F)o2)CC1. The third-order valence-electron chi connectivity index (χ3n) is 4.62. The van der Waals surface area contributed by atoms with Crippen molar-refractivity contribution in [2.24, 2.45) is 0 Å². The highest BCUT2D eigenvalue weighted by molar-refractivity contribution is 8.00. The molecule has 1 amide bonds. The van der Waals surface area contributed by atoms with Crippen molar-refractivity contribution < 1.29 is 22.4 Å². The molecule has 24 heavy (non-hydrogen) atoms. The lowest BCUT2D eigenvalue weighted by molar-refractivity contribution is -0.157. The number of halogens is 3. The lowest BCUT2D eigenvalue weighted by atomic mass is 9.97. The first kappa shape index (κ1) is 17.6. The molecule has 0 unspecified atom stereocenters. The number of alkyl halides is 3. The van der Waals surface area contributed by atoms with Gasteiger partial charge in [-0.05, 0) is 25.7 Å². The fourth-order valence-corrected chi connectivity index (χ4v) is 4.45. The number of hydrogen-bond donors (Lipinski definition) is 0. The van der Waals surface area contributed by atoms with Crippen molar-refractivity contribution in [3.05, 3.63) is 11.8 Å². The predicted molar refractivity (Wildman–Crippen MR) is 82.6 cm³/mol. The second-order valence-corrected chi connectivity index (χ2v) is 7.60. The van der Waals surface area contributed by atoms with Gasteiger partial charge in [0, 0.05) is 24.3 Å². The number of likely N-dealkylation sites (tertiary alicyclic amines) is 1. The zero-order chi connectivity index (χ0) is 17.2. The summed E-state index contributed by atoms with van der Waals surface area (Å²) in [6.07, 6.45) is 1.39. The molecule has 5 nitrogen and oxygen atoms in total. The molecular weight excluding hydrogens is 343 g/mol. The average molecular weight is 363 g/mol. The van der Waals surface area contributed by atoms with Crippen LogP contribution in [0.2, 0.25) is 0 Å². The highest BCUT2D eigenvalue weighted by atomic mass is 32.2. The third-order valence-corrected chi connectivity index (χ3v) is 5.98. The van der Waals surface area contributed by atoms with Crippen molar-refractivity contribution in [1.82, 2.24) is 15.1 Å². The topological polar surface area (TPSA) is 59.2 Å². The van der Waals surface area contributed by atoms with E-state index in [2.05, 4.69) is 10.2 Å². The standard InChI is InChI=1S/C15H20F3N3O2S/c16-15(17,18)14-20-19-13(23-14)10-5-7-21(8-6-10)12(22)9-24-11-3-1-2-4-11/h10-11H,1-9H2. The summed E-state index contributed by atoms with van der Waals surface area (Å²) in [5, 5.41) is 7.19. The van der Waals surface area contributed by atoms with Crippen molar-refractivity contribution in [2.45, 2.75) is 55.9 Å². The minimum absolute atomic E-state index is 0.0229. The van der Waals surface area contributed by atoms with E-state index in [4.69, 9.17) is 4.42 Å². The molecule has 1 aliphatic carbocycles. The van der Waals surface area contributed by atoms with Crippen LogP contribution in [0, 0.1) is 0 Å². The molecule has 0 aromatic carbocycles. The summed E-state index contributed by atoms with van der Waals surface area (Å²) < 4.78 is 42.2. The van der Waals surface area contributed by atoms with Crippen LogP contribution in [0.15, 0.2) is 4.42 Å². The van der Waals surface area contributed by atoms with Gasteiger partial charge in [-0.1, -0.05) is 12.8 Å². The Morgan fingerprint density at radius 2 is 1.83 bits per heavy atom. The summed E-state index contributed by atoms with van der Waals surface area (Å²) >= 11 is 1.73. The van der Waals surface area contributed by atoms with Crippen molar-refractivity contribution in [3.8, 4) is 0 Å². The maximum Gasteiger partial charge on any atom is 0.470 e. The van der Waals surface area contributed by atoms with Crippen molar-refractivity contribution in [2.75, 3.05) is 18.8 Å². The Balaban J connectivity index is 1.46. The van der Waals surface area contributed by atoms with Crippen LogP contribution in [0.25, 0.3) is 0 Å². The van der Waals surface area contributed by atoms with Crippen LogP contribution < -0.4 is 0 Å². The lowest BCUT2D eigenvalue weighted by Gasteiger charge is -2.30. The predicted octanol–water partition coefficient (Wildman–Crippen LogP) is 3.47. The number of piperidine rings is 1. The van der Waals surface area contributed by atoms with Gasteiger partial charge in [-0.3, -0.25) is 4.79 Å². The molecule has 0 N–H and O–H groups in total. The van der Waals surface area contributed by atoms with Gasteiger partial charge in [-0.25, -0.2) is 0 Å². The molecular formula is C15H20F3N3O2S. The molecule has 0 spiro atoms. The molecule has 1 aromatic heterocycles. The van der Waals surface area contributed by atoms with E-state index in [-0.39, 0.29) is 17.7 Å². The van der Waals surface area contributed by atoms with E-state index in [9.17, 15) is 18.0 Å². The average Bonchev–Trinajstić information content (AvgIpc) is 3.23. The number of carbonyl (C=O) groups is 1. The summed E-state index contributed by atoms with van der Waals surface area (Å²) in [5.41, 5.74) is 0. The number of aromatic nitrogens is 2. The van der Waals surface area contributed by atoms with Gasteiger partial charge in [-0.15, -0.1) is 22.0 Å². The number of carbonyl (C=O) groups excluding carboxylic acids is 1. The molecule has 0 atom stereocenters. The minimum Gasteiger partial charge on any atom is -0.417 e. The fraction of sp³-hybridized carbons (Fsp3) is 0.800. The van der Waals surface area contributed by atoms with Crippen LogP contribution in [0.5, 0.6) is 0 Å². The zero-order valence-corrected chi connectivity index (χ0v) is 14.0. The third kappa shape index (κ3) is 4.23. The molecule has 3 rings (SSSR count). The number of amides is 1. The Kier molecular flexibility index (Phi) is 5.36. The van der Waals surface area contributed by atoms with Crippen LogP contribution in [-0.4, -0.2) is 45.1 Å². The summed E-state index contributed by atoms with van der Waals surface area (Å²) in [4.78, 5) is 14.0. The molecule has 2 aliphatic rings. The normalized spacial score (nSPS) is 20.7. The summed E-state index contributed by atoms with van der Waals surface area (Å²) in [6.45, 7) is 1.05. The van der Waals surface area contributed by atoms with Crippen LogP contribution >= 0.6 is 11.8 Å². The van der Waals surface area contributed by atoms with Crippen molar-refractivity contribution in [3.63, 3.8) is 0 Å². The van der Waals surface area contributed by atoms with Gasteiger partial charge in [-0.2, -0.15) is 13.2 Å². The van der Waals surface area contributed by atoms with Gasteiger partial charge in [0.05, 0.1) is 5.75 Å². The lowest BCUT2D eigenvalue weighted by Crippen LogP contribution is -2.39. The van der Waals surface area contributed by atoms with Crippen LogP contribution in [0.4, 0.5) is 13.2 Å². The Morgan fingerprint density at radius 3 is 2.42 bits per heavy atom. The second kappa shape index (κ2) is 7.33. The quantitative estimate of drug-likeness (QED) is 0.820. The molecule has 0 bridgehead atoms. The molecule has 1 saturated heterocycles. The minimum atomic E-state index is -4.61. The Labute approximate surface area is 142 Å². The molecule has 1 aliphatic heterocycles. The number of rotatable bonds is 4. The Hall–Kier alpha value is -1.25. The maximum atomic E-state index is 12.5. The van der Waals surface area contributed by atoms with Crippen molar-refractivity contribution in [1.29, 1.82) is 0 Å². The fourth-order valence-electron chi connectivity index (χ4n) is 3.23. The van der Waals surface area contributed by atoms with Crippen molar-refractivity contribution >= 4 is 17.7 Å². The summed E-state index contributed by atoms with van der Waals surface area (Å²) in [6, 6.07) is 0. The molecule has 134 valence electrons. The number of nitrogens with zero attached hydrogens (tertiary/aromatic N) is 3. The van der Waals surface area contributed by atoms with E-state index in [1.54, 1.807) is 16.7 Å². The Bertz CT molecular complexity index is 565. The van der Waals surface area contributed by atoms with Gasteiger partial charge in [0.15, 0.2) is 0 Å². The monoisotopic (exact) mass is 363 g/mol.